The Morgan fingerprint density at radius 2 is 2.00 bits per heavy atom. The van der Waals surface area contributed by atoms with Crippen molar-refractivity contribution in [3.8, 4) is 11.5 Å². The highest BCUT2D eigenvalue weighted by molar-refractivity contribution is 9.10. The lowest BCUT2D eigenvalue weighted by atomic mass is 10.1. The molecule has 1 heterocycles. The summed E-state index contributed by atoms with van der Waals surface area (Å²) >= 11 is 4.38. The SMILES string of the molecule is CC[C@H](C)N1C(=O)S/C(=C/c2cc(Br)c(OC)c(OC)c2)C1=O. The molecule has 23 heavy (non-hydrogen) atoms. The molecule has 1 aromatic rings. The van der Waals surface area contributed by atoms with Gasteiger partial charge in [0.2, 0.25) is 0 Å². The van der Waals surface area contributed by atoms with Crippen LogP contribution in [0, 0.1) is 0 Å². The van der Waals surface area contributed by atoms with Gasteiger partial charge in [0.15, 0.2) is 11.5 Å². The third-order valence-electron chi connectivity index (χ3n) is 3.61. The first kappa shape index (κ1) is 17.9. The fourth-order valence-electron chi connectivity index (χ4n) is 2.21. The maximum absolute atomic E-state index is 12.4. The average molecular weight is 400 g/mol. The highest BCUT2D eigenvalue weighted by atomic mass is 79.9. The van der Waals surface area contributed by atoms with Crippen LogP contribution >= 0.6 is 27.7 Å². The summed E-state index contributed by atoms with van der Waals surface area (Å²) in [4.78, 5) is 26.2. The Labute approximate surface area is 148 Å². The first-order chi connectivity index (χ1) is 10.9. The van der Waals surface area contributed by atoms with E-state index in [0.717, 1.165) is 23.7 Å². The number of carbonyl (C=O) groups excluding carboxylic acids is 2. The van der Waals surface area contributed by atoms with Crippen LogP contribution in [0.3, 0.4) is 0 Å². The van der Waals surface area contributed by atoms with Crippen molar-refractivity contribution in [3.05, 3.63) is 27.1 Å². The molecule has 2 rings (SSSR count). The molecule has 0 aliphatic carbocycles. The normalized spacial score (nSPS) is 17.8. The van der Waals surface area contributed by atoms with Crippen LogP contribution in [0.5, 0.6) is 11.5 Å². The molecule has 1 aliphatic rings. The van der Waals surface area contributed by atoms with E-state index in [0.29, 0.717) is 20.9 Å². The van der Waals surface area contributed by atoms with Crippen LogP contribution in [0.2, 0.25) is 0 Å². The Balaban J connectivity index is 2.38. The molecule has 0 N–H and O–H groups in total. The number of rotatable bonds is 5. The molecular formula is C16H18BrNO4S. The van der Waals surface area contributed by atoms with Crippen molar-refractivity contribution < 1.29 is 19.1 Å². The minimum Gasteiger partial charge on any atom is -0.493 e. The van der Waals surface area contributed by atoms with Gasteiger partial charge in [0.05, 0.1) is 23.6 Å². The summed E-state index contributed by atoms with van der Waals surface area (Å²) in [6, 6.07) is 3.48. The molecule has 7 heteroatoms. The molecule has 1 fully saturated rings. The van der Waals surface area contributed by atoms with Gasteiger partial charge >= 0.3 is 0 Å². The van der Waals surface area contributed by atoms with Gasteiger partial charge in [-0.1, -0.05) is 6.92 Å². The second-order valence-electron chi connectivity index (χ2n) is 5.05. The Morgan fingerprint density at radius 3 is 2.57 bits per heavy atom. The van der Waals surface area contributed by atoms with Crippen molar-refractivity contribution in [2.24, 2.45) is 0 Å². The summed E-state index contributed by atoms with van der Waals surface area (Å²) in [6.07, 6.45) is 2.42. The van der Waals surface area contributed by atoms with Gasteiger partial charge in [-0.05, 0) is 64.8 Å². The minimum atomic E-state index is -0.250. The molecule has 5 nitrogen and oxygen atoms in total. The molecule has 2 amide bonds. The van der Waals surface area contributed by atoms with Gasteiger partial charge in [0.25, 0.3) is 11.1 Å². The molecule has 0 saturated carbocycles. The summed E-state index contributed by atoms with van der Waals surface area (Å²) in [5.41, 5.74) is 0.754. The molecular weight excluding hydrogens is 382 g/mol. The van der Waals surface area contributed by atoms with Gasteiger partial charge in [-0.15, -0.1) is 0 Å². The van der Waals surface area contributed by atoms with E-state index in [9.17, 15) is 9.59 Å². The number of imide groups is 1. The van der Waals surface area contributed by atoms with Crippen molar-refractivity contribution >= 4 is 44.9 Å². The summed E-state index contributed by atoms with van der Waals surface area (Å²) in [7, 11) is 3.10. The van der Waals surface area contributed by atoms with Gasteiger partial charge < -0.3 is 9.47 Å². The predicted molar refractivity (Wildman–Crippen MR) is 94.8 cm³/mol. The number of ether oxygens (including phenoxy) is 2. The number of hydrogen-bond donors (Lipinski definition) is 0. The van der Waals surface area contributed by atoms with Crippen LogP contribution in [0.4, 0.5) is 4.79 Å². The first-order valence-electron chi connectivity index (χ1n) is 7.11. The zero-order valence-electron chi connectivity index (χ0n) is 13.4. The maximum atomic E-state index is 12.4. The van der Waals surface area contributed by atoms with E-state index in [4.69, 9.17) is 9.47 Å². The van der Waals surface area contributed by atoms with Gasteiger partial charge in [-0.2, -0.15) is 0 Å². The zero-order chi connectivity index (χ0) is 17.1. The average Bonchev–Trinajstić information content (AvgIpc) is 2.80. The molecule has 0 unspecified atom stereocenters. The van der Waals surface area contributed by atoms with Crippen LogP contribution < -0.4 is 9.47 Å². The number of nitrogens with zero attached hydrogens (tertiary/aromatic N) is 1. The number of halogens is 1. The number of methoxy groups -OCH3 is 2. The number of hydrogen-bond acceptors (Lipinski definition) is 5. The summed E-state index contributed by atoms with van der Waals surface area (Å²) < 4.78 is 11.3. The van der Waals surface area contributed by atoms with E-state index in [1.165, 1.54) is 4.90 Å². The van der Waals surface area contributed by atoms with Crippen molar-refractivity contribution in [2.75, 3.05) is 14.2 Å². The van der Waals surface area contributed by atoms with E-state index in [1.807, 2.05) is 19.9 Å². The molecule has 1 aliphatic heterocycles. The molecule has 1 saturated heterocycles. The Hall–Kier alpha value is -1.47. The second kappa shape index (κ2) is 7.40. The first-order valence-corrected chi connectivity index (χ1v) is 8.72. The van der Waals surface area contributed by atoms with E-state index in [2.05, 4.69) is 15.9 Å². The minimum absolute atomic E-state index is 0.106. The van der Waals surface area contributed by atoms with E-state index < -0.39 is 0 Å². The van der Waals surface area contributed by atoms with Gasteiger partial charge in [-0.3, -0.25) is 14.5 Å². The molecule has 0 spiro atoms. The van der Waals surface area contributed by atoms with Crippen LogP contribution in [0.1, 0.15) is 25.8 Å². The van der Waals surface area contributed by atoms with Crippen molar-refractivity contribution in [1.29, 1.82) is 0 Å². The standard InChI is InChI=1S/C16H18BrNO4S/c1-5-9(2)18-15(19)13(23-16(18)20)8-10-6-11(17)14(22-4)12(7-10)21-3/h6-9H,5H2,1-4H3/b13-8+/t9-/m0/s1. The lowest BCUT2D eigenvalue weighted by Gasteiger charge is -2.19. The number of benzene rings is 1. The van der Waals surface area contributed by atoms with E-state index >= 15 is 0 Å². The largest absolute Gasteiger partial charge is 0.493 e. The van der Waals surface area contributed by atoms with Crippen LogP contribution in [0.25, 0.3) is 6.08 Å². The quantitative estimate of drug-likeness (QED) is 0.690. The molecule has 124 valence electrons. The molecule has 1 atom stereocenters. The number of amides is 2. The summed E-state index contributed by atoms with van der Waals surface area (Å²) in [6.45, 7) is 3.81. The van der Waals surface area contributed by atoms with Gasteiger partial charge in [0, 0.05) is 6.04 Å². The molecule has 0 aromatic heterocycles. The zero-order valence-corrected chi connectivity index (χ0v) is 15.8. The topological polar surface area (TPSA) is 55.8 Å². The van der Waals surface area contributed by atoms with Gasteiger partial charge in [0.1, 0.15) is 0 Å². The lowest BCUT2D eigenvalue weighted by molar-refractivity contribution is -0.124. The third kappa shape index (κ3) is 3.55. The number of carbonyl (C=O) groups is 2. The molecule has 0 bridgehead atoms. The van der Waals surface area contributed by atoms with E-state index in [1.54, 1.807) is 26.4 Å². The molecule has 1 aromatic carbocycles. The van der Waals surface area contributed by atoms with Crippen LogP contribution in [-0.2, 0) is 4.79 Å². The Morgan fingerprint density at radius 1 is 1.30 bits per heavy atom. The Bertz CT molecular complexity index is 674. The van der Waals surface area contributed by atoms with Crippen LogP contribution in [0.15, 0.2) is 21.5 Å². The Kier molecular flexibility index (Phi) is 5.75. The van der Waals surface area contributed by atoms with E-state index in [-0.39, 0.29) is 17.2 Å². The van der Waals surface area contributed by atoms with Crippen molar-refractivity contribution in [2.45, 2.75) is 26.3 Å². The van der Waals surface area contributed by atoms with Crippen molar-refractivity contribution in [1.82, 2.24) is 4.90 Å². The molecule has 0 radical (unpaired) electrons. The fourth-order valence-corrected chi connectivity index (χ4v) is 3.77. The van der Waals surface area contributed by atoms with Gasteiger partial charge in [-0.25, -0.2) is 0 Å². The van der Waals surface area contributed by atoms with Crippen LogP contribution in [-0.4, -0.2) is 36.3 Å². The fraction of sp³-hybridized carbons (Fsp3) is 0.375. The second-order valence-corrected chi connectivity index (χ2v) is 6.89. The highest BCUT2D eigenvalue weighted by Gasteiger charge is 2.37. The smallest absolute Gasteiger partial charge is 0.293 e. The lowest BCUT2D eigenvalue weighted by Crippen LogP contribution is -2.36. The number of thioether (sulfide) groups is 1. The maximum Gasteiger partial charge on any atom is 0.293 e. The summed E-state index contributed by atoms with van der Waals surface area (Å²) in [5, 5.41) is -0.227. The third-order valence-corrected chi connectivity index (χ3v) is 5.08. The predicted octanol–water partition coefficient (Wildman–Crippen LogP) is 4.30. The van der Waals surface area contributed by atoms with Crippen molar-refractivity contribution in [3.63, 3.8) is 0 Å². The highest BCUT2D eigenvalue weighted by Crippen LogP contribution is 2.39. The summed E-state index contributed by atoms with van der Waals surface area (Å²) in [5.74, 6) is 0.881. The monoisotopic (exact) mass is 399 g/mol.